The number of rotatable bonds is 6. The summed E-state index contributed by atoms with van der Waals surface area (Å²) in [6.45, 7) is 5.74. The van der Waals surface area contributed by atoms with Crippen molar-refractivity contribution in [1.82, 2.24) is 10.7 Å². The molecule has 35 heavy (non-hydrogen) atoms. The van der Waals surface area contributed by atoms with Crippen LogP contribution in [0.15, 0.2) is 64.1 Å². The molecule has 3 rings (SSSR count). The van der Waals surface area contributed by atoms with Gasteiger partial charge in [0.25, 0.3) is 0 Å². The molecule has 1 heterocycles. The van der Waals surface area contributed by atoms with Gasteiger partial charge in [0.2, 0.25) is 0 Å². The number of hydrogen-bond acceptors (Lipinski definition) is 6. The summed E-state index contributed by atoms with van der Waals surface area (Å²) >= 11 is 0. The molecule has 10 heteroatoms. The van der Waals surface area contributed by atoms with Crippen LogP contribution in [0.5, 0.6) is 0 Å². The van der Waals surface area contributed by atoms with E-state index in [0.717, 1.165) is 16.7 Å². The molecule has 0 atom stereocenters. The van der Waals surface area contributed by atoms with Gasteiger partial charge in [-0.25, -0.2) is 5.43 Å². The third kappa shape index (κ3) is 7.39. The first kappa shape index (κ1) is 24.9. The molecular weight excluding hydrogens is 450 g/mol. The zero-order valence-corrected chi connectivity index (χ0v) is 19.5. The fourth-order valence-corrected chi connectivity index (χ4v) is 2.84. The number of furan rings is 1. The molecule has 0 saturated carbocycles. The van der Waals surface area contributed by atoms with Gasteiger partial charge in [0.05, 0.1) is 12.8 Å². The monoisotopic (exact) mass is 475 g/mol. The maximum Gasteiger partial charge on any atom is 0.329 e. The highest BCUT2D eigenvalue weighted by Crippen LogP contribution is 2.14. The molecule has 0 spiro atoms. The highest BCUT2D eigenvalue weighted by molar-refractivity contribution is 6.40. The Morgan fingerprint density at radius 1 is 0.771 bits per heavy atom. The summed E-state index contributed by atoms with van der Waals surface area (Å²) in [5.41, 5.74) is 6.21. The van der Waals surface area contributed by atoms with Crippen LogP contribution in [0, 0.1) is 20.8 Å². The van der Waals surface area contributed by atoms with Gasteiger partial charge in [-0.1, -0.05) is 23.8 Å². The van der Waals surface area contributed by atoms with E-state index in [4.69, 9.17) is 4.42 Å². The maximum absolute atomic E-state index is 12.1. The van der Waals surface area contributed by atoms with E-state index in [1.54, 1.807) is 48.5 Å². The van der Waals surface area contributed by atoms with E-state index in [1.165, 1.54) is 6.21 Å². The SMILES string of the molecule is Cc1ccc(NC(=O)C(=O)N/N=C/c2ccc(CNC(=O)C(=O)Nc3ccc(C)c(C)c3)o2)cc1. The van der Waals surface area contributed by atoms with Gasteiger partial charge in [0.15, 0.2) is 0 Å². The molecule has 0 aliphatic carbocycles. The van der Waals surface area contributed by atoms with Crippen LogP contribution in [0.3, 0.4) is 0 Å². The van der Waals surface area contributed by atoms with Gasteiger partial charge in [-0.3, -0.25) is 19.2 Å². The fourth-order valence-electron chi connectivity index (χ4n) is 2.84. The van der Waals surface area contributed by atoms with Gasteiger partial charge in [-0.15, -0.1) is 0 Å². The van der Waals surface area contributed by atoms with Crippen LogP contribution >= 0.6 is 0 Å². The number of benzene rings is 2. The Kier molecular flexibility index (Phi) is 8.12. The van der Waals surface area contributed by atoms with Crippen molar-refractivity contribution in [3.05, 3.63) is 82.8 Å². The van der Waals surface area contributed by atoms with E-state index in [1.807, 2.05) is 26.8 Å². The lowest BCUT2D eigenvalue weighted by molar-refractivity contribution is -0.136. The van der Waals surface area contributed by atoms with Crippen molar-refractivity contribution in [3.63, 3.8) is 0 Å². The standard InChI is InChI=1S/C25H25N5O5/c1-15-4-7-18(8-5-15)28-24(33)25(34)30-27-14-21-11-10-20(35-21)13-26-22(31)23(32)29-19-9-6-16(2)17(3)12-19/h4-12,14H,13H2,1-3H3,(H,26,31)(H,28,33)(H,29,32)(H,30,34)/b27-14+. The summed E-state index contributed by atoms with van der Waals surface area (Å²) in [5.74, 6) is -2.80. The van der Waals surface area contributed by atoms with Crippen LogP contribution in [0.25, 0.3) is 0 Å². The molecular formula is C25H25N5O5. The highest BCUT2D eigenvalue weighted by atomic mass is 16.3. The molecule has 0 bridgehead atoms. The Morgan fingerprint density at radius 3 is 2.14 bits per heavy atom. The third-order valence-corrected chi connectivity index (χ3v) is 4.95. The molecule has 4 amide bonds. The minimum absolute atomic E-state index is 0.0294. The van der Waals surface area contributed by atoms with Gasteiger partial charge in [0, 0.05) is 11.4 Å². The molecule has 0 saturated heterocycles. The predicted octanol–water partition coefficient (Wildman–Crippen LogP) is 2.55. The second kappa shape index (κ2) is 11.4. The number of hydrazone groups is 1. The summed E-state index contributed by atoms with van der Waals surface area (Å²) in [6.07, 6.45) is 1.20. The molecule has 0 aliphatic rings. The molecule has 3 aromatic rings. The van der Waals surface area contributed by atoms with E-state index >= 15 is 0 Å². The van der Waals surface area contributed by atoms with Crippen molar-refractivity contribution in [2.75, 3.05) is 10.6 Å². The average molecular weight is 476 g/mol. The van der Waals surface area contributed by atoms with Gasteiger partial charge in [0.1, 0.15) is 11.5 Å². The number of carbonyl (C=O) groups excluding carboxylic acids is 4. The fraction of sp³-hybridized carbons (Fsp3) is 0.160. The molecule has 0 radical (unpaired) electrons. The topological polar surface area (TPSA) is 142 Å². The number of aryl methyl sites for hydroxylation is 3. The maximum atomic E-state index is 12.1. The number of amides is 4. The molecule has 10 nitrogen and oxygen atoms in total. The lowest BCUT2D eigenvalue weighted by Crippen LogP contribution is -2.34. The van der Waals surface area contributed by atoms with Crippen molar-refractivity contribution >= 4 is 41.2 Å². The molecule has 180 valence electrons. The number of nitrogens with one attached hydrogen (secondary N) is 4. The quantitative estimate of drug-likeness (QED) is 0.246. The van der Waals surface area contributed by atoms with Gasteiger partial charge in [-0.05, 0) is 68.3 Å². The number of carbonyl (C=O) groups is 4. The highest BCUT2D eigenvalue weighted by Gasteiger charge is 2.15. The first-order valence-corrected chi connectivity index (χ1v) is 10.7. The van der Waals surface area contributed by atoms with Crippen molar-refractivity contribution in [3.8, 4) is 0 Å². The van der Waals surface area contributed by atoms with E-state index in [2.05, 4.69) is 26.5 Å². The Bertz CT molecular complexity index is 1280. The first-order chi connectivity index (χ1) is 16.7. The van der Waals surface area contributed by atoms with Crippen molar-refractivity contribution < 1.29 is 23.6 Å². The van der Waals surface area contributed by atoms with Gasteiger partial charge < -0.3 is 20.4 Å². The van der Waals surface area contributed by atoms with E-state index in [-0.39, 0.29) is 12.3 Å². The normalized spacial score (nSPS) is 10.6. The summed E-state index contributed by atoms with van der Waals surface area (Å²) in [7, 11) is 0. The minimum atomic E-state index is -0.948. The summed E-state index contributed by atoms with van der Waals surface area (Å²) in [5, 5.41) is 11.1. The van der Waals surface area contributed by atoms with Crippen LogP contribution in [0.2, 0.25) is 0 Å². The smallest absolute Gasteiger partial charge is 0.329 e. The lowest BCUT2D eigenvalue weighted by atomic mass is 10.1. The Morgan fingerprint density at radius 2 is 1.43 bits per heavy atom. The second-order valence-corrected chi connectivity index (χ2v) is 7.76. The van der Waals surface area contributed by atoms with Crippen LogP contribution in [-0.4, -0.2) is 29.8 Å². The Balaban J connectivity index is 1.43. The minimum Gasteiger partial charge on any atom is -0.458 e. The zero-order chi connectivity index (χ0) is 25.4. The number of hydrogen-bond donors (Lipinski definition) is 4. The van der Waals surface area contributed by atoms with Gasteiger partial charge in [-0.2, -0.15) is 5.10 Å². The molecule has 1 aromatic heterocycles. The average Bonchev–Trinajstić information content (AvgIpc) is 3.28. The Labute approximate surface area is 201 Å². The van der Waals surface area contributed by atoms with E-state index in [9.17, 15) is 19.2 Å². The molecule has 0 aliphatic heterocycles. The zero-order valence-electron chi connectivity index (χ0n) is 19.5. The largest absolute Gasteiger partial charge is 0.458 e. The van der Waals surface area contributed by atoms with Crippen molar-refractivity contribution in [2.45, 2.75) is 27.3 Å². The van der Waals surface area contributed by atoms with Crippen LogP contribution < -0.4 is 21.4 Å². The van der Waals surface area contributed by atoms with Crippen LogP contribution in [0.1, 0.15) is 28.2 Å². The molecule has 0 unspecified atom stereocenters. The molecule has 4 N–H and O–H groups in total. The van der Waals surface area contributed by atoms with Crippen LogP contribution in [0.4, 0.5) is 11.4 Å². The predicted molar refractivity (Wildman–Crippen MR) is 131 cm³/mol. The summed E-state index contributed by atoms with van der Waals surface area (Å²) < 4.78 is 5.46. The second-order valence-electron chi connectivity index (χ2n) is 7.76. The first-order valence-electron chi connectivity index (χ1n) is 10.7. The van der Waals surface area contributed by atoms with Crippen molar-refractivity contribution in [2.24, 2.45) is 5.10 Å². The molecule has 0 fully saturated rings. The van der Waals surface area contributed by atoms with E-state index in [0.29, 0.717) is 17.1 Å². The summed E-state index contributed by atoms with van der Waals surface area (Å²) in [4.78, 5) is 47.9. The van der Waals surface area contributed by atoms with Gasteiger partial charge >= 0.3 is 23.6 Å². The molecule has 2 aromatic carbocycles. The third-order valence-electron chi connectivity index (χ3n) is 4.95. The lowest BCUT2D eigenvalue weighted by Gasteiger charge is -2.07. The van der Waals surface area contributed by atoms with Crippen LogP contribution in [-0.2, 0) is 25.7 Å². The number of nitrogens with zero attached hydrogens (tertiary/aromatic N) is 1. The Hall–Kier alpha value is -4.73. The summed E-state index contributed by atoms with van der Waals surface area (Å²) in [6, 6.07) is 15.5. The van der Waals surface area contributed by atoms with E-state index < -0.39 is 23.6 Å². The van der Waals surface area contributed by atoms with Crippen molar-refractivity contribution in [1.29, 1.82) is 0 Å². The number of anilines is 2.